The predicted molar refractivity (Wildman–Crippen MR) is 105 cm³/mol. The number of rotatable bonds is 2. The van der Waals surface area contributed by atoms with Crippen molar-refractivity contribution in [3.05, 3.63) is 88.1 Å². The van der Waals surface area contributed by atoms with E-state index in [-0.39, 0.29) is 11.7 Å². The van der Waals surface area contributed by atoms with Crippen molar-refractivity contribution in [3.8, 4) is 0 Å². The van der Waals surface area contributed by atoms with E-state index in [2.05, 4.69) is 69.0 Å². The molecule has 0 fully saturated rings. The highest BCUT2D eigenvalue weighted by molar-refractivity contribution is 6.83. The average molecular weight is 333 g/mol. The van der Waals surface area contributed by atoms with Crippen molar-refractivity contribution in [2.24, 2.45) is 0 Å². The molecule has 0 bridgehead atoms. The standard InChI is InChI=1S/C22H24OSi/c1-16-10-12-19-18(14-16)11-13-20(17-8-6-5-7-9-17)22(15-21(19)23)24(2,3)4/h5-15,20H,1-4H3/b13-11-,22-15+. The van der Waals surface area contributed by atoms with Crippen molar-refractivity contribution < 1.29 is 4.79 Å². The lowest BCUT2D eigenvalue weighted by molar-refractivity contribution is 0.104. The fraction of sp³-hybridized carbons (Fsp3) is 0.227. The maximum atomic E-state index is 12.9. The first kappa shape index (κ1) is 16.7. The van der Waals surface area contributed by atoms with E-state index in [1.807, 2.05) is 24.3 Å². The maximum absolute atomic E-state index is 12.9. The number of hydrogen-bond donors (Lipinski definition) is 0. The molecule has 122 valence electrons. The molecule has 2 heteroatoms. The summed E-state index contributed by atoms with van der Waals surface area (Å²) in [5, 5.41) is 1.29. The Bertz CT molecular complexity index is 823. The van der Waals surface area contributed by atoms with E-state index in [0.717, 1.165) is 11.1 Å². The van der Waals surface area contributed by atoms with Gasteiger partial charge in [0.15, 0.2) is 5.78 Å². The second kappa shape index (κ2) is 6.37. The Balaban J connectivity index is 2.21. The van der Waals surface area contributed by atoms with Gasteiger partial charge in [0, 0.05) is 11.5 Å². The highest BCUT2D eigenvalue weighted by Crippen LogP contribution is 2.35. The number of aryl methyl sites for hydroxylation is 1. The molecule has 1 aliphatic rings. The second-order valence-corrected chi connectivity index (χ2v) is 12.6. The van der Waals surface area contributed by atoms with Crippen LogP contribution in [0.1, 0.15) is 33.0 Å². The van der Waals surface area contributed by atoms with Crippen LogP contribution in [0.25, 0.3) is 6.08 Å². The van der Waals surface area contributed by atoms with E-state index in [9.17, 15) is 4.79 Å². The van der Waals surface area contributed by atoms with Gasteiger partial charge in [0.05, 0.1) is 8.07 Å². The highest BCUT2D eigenvalue weighted by Gasteiger charge is 2.29. The summed E-state index contributed by atoms with van der Waals surface area (Å²) in [6.45, 7) is 9.00. The number of ketones is 1. The van der Waals surface area contributed by atoms with Gasteiger partial charge in [0.1, 0.15) is 0 Å². The van der Waals surface area contributed by atoms with Crippen molar-refractivity contribution in [1.82, 2.24) is 0 Å². The zero-order valence-corrected chi connectivity index (χ0v) is 15.8. The SMILES string of the molecule is Cc1ccc2c(c1)/C=C\C(c1ccccc1)/C([Si](C)(C)C)=C\C2=O. The molecule has 2 aromatic carbocycles. The van der Waals surface area contributed by atoms with Gasteiger partial charge < -0.3 is 0 Å². The van der Waals surface area contributed by atoms with Crippen LogP contribution in [0.4, 0.5) is 0 Å². The molecule has 0 aromatic heterocycles. The normalized spacial score (nSPS) is 21.2. The third-order valence-electron chi connectivity index (χ3n) is 4.59. The molecule has 0 radical (unpaired) electrons. The zero-order valence-electron chi connectivity index (χ0n) is 14.8. The van der Waals surface area contributed by atoms with Gasteiger partial charge in [-0.05, 0) is 24.1 Å². The van der Waals surface area contributed by atoms with E-state index in [1.165, 1.54) is 16.3 Å². The van der Waals surface area contributed by atoms with Crippen molar-refractivity contribution in [3.63, 3.8) is 0 Å². The van der Waals surface area contributed by atoms with E-state index >= 15 is 0 Å². The molecule has 0 saturated heterocycles. The minimum atomic E-state index is -1.64. The van der Waals surface area contributed by atoms with Crippen molar-refractivity contribution in [2.75, 3.05) is 0 Å². The van der Waals surface area contributed by atoms with Crippen LogP contribution in [0.15, 0.2) is 65.9 Å². The summed E-state index contributed by atoms with van der Waals surface area (Å²) in [7, 11) is -1.64. The first-order valence-corrected chi connectivity index (χ1v) is 12.0. The second-order valence-electron chi connectivity index (χ2n) is 7.55. The van der Waals surface area contributed by atoms with E-state index in [0.29, 0.717) is 0 Å². The molecule has 1 aliphatic carbocycles. The third-order valence-corrected chi connectivity index (χ3v) is 6.77. The largest absolute Gasteiger partial charge is 0.289 e. The highest BCUT2D eigenvalue weighted by atomic mass is 28.3. The van der Waals surface area contributed by atoms with Gasteiger partial charge in [-0.15, -0.1) is 0 Å². The predicted octanol–water partition coefficient (Wildman–Crippen LogP) is 5.79. The molecule has 0 saturated carbocycles. The number of carbonyl (C=O) groups is 1. The maximum Gasteiger partial charge on any atom is 0.186 e. The average Bonchev–Trinajstić information content (AvgIpc) is 2.52. The van der Waals surface area contributed by atoms with Gasteiger partial charge in [-0.2, -0.15) is 0 Å². The van der Waals surface area contributed by atoms with Crippen LogP contribution in [0.2, 0.25) is 19.6 Å². The van der Waals surface area contributed by atoms with Gasteiger partial charge in [-0.1, -0.05) is 91.1 Å². The summed E-state index contributed by atoms with van der Waals surface area (Å²) in [6.07, 6.45) is 6.32. The quantitative estimate of drug-likeness (QED) is 0.636. The number of allylic oxidation sites excluding steroid dienone is 3. The monoisotopic (exact) mass is 332 g/mol. The summed E-state index contributed by atoms with van der Waals surface area (Å²) in [4.78, 5) is 12.9. The van der Waals surface area contributed by atoms with Crippen LogP contribution < -0.4 is 0 Å². The minimum Gasteiger partial charge on any atom is -0.289 e. The first-order valence-electron chi connectivity index (χ1n) is 8.46. The summed E-state index contributed by atoms with van der Waals surface area (Å²) >= 11 is 0. The lowest BCUT2D eigenvalue weighted by Crippen LogP contribution is -2.29. The third kappa shape index (κ3) is 3.34. The molecule has 0 N–H and O–H groups in total. The van der Waals surface area contributed by atoms with Gasteiger partial charge >= 0.3 is 0 Å². The Morgan fingerprint density at radius 2 is 1.67 bits per heavy atom. The smallest absolute Gasteiger partial charge is 0.186 e. The van der Waals surface area contributed by atoms with Crippen molar-refractivity contribution >= 4 is 19.9 Å². The van der Waals surface area contributed by atoms with Crippen LogP contribution in [0.5, 0.6) is 0 Å². The van der Waals surface area contributed by atoms with Crippen LogP contribution in [0, 0.1) is 6.92 Å². The number of carbonyl (C=O) groups excluding carboxylic acids is 1. The van der Waals surface area contributed by atoms with Crippen LogP contribution in [0.3, 0.4) is 0 Å². The van der Waals surface area contributed by atoms with E-state index < -0.39 is 8.07 Å². The molecule has 0 amide bonds. The molecule has 1 nitrogen and oxygen atoms in total. The van der Waals surface area contributed by atoms with Gasteiger partial charge in [0.2, 0.25) is 0 Å². The molecule has 0 heterocycles. The Morgan fingerprint density at radius 3 is 2.33 bits per heavy atom. The lowest BCUT2D eigenvalue weighted by atomic mass is 9.91. The Morgan fingerprint density at radius 1 is 0.958 bits per heavy atom. The number of fused-ring (bicyclic) bond motifs is 1. The molecule has 24 heavy (non-hydrogen) atoms. The van der Waals surface area contributed by atoms with E-state index in [4.69, 9.17) is 0 Å². The molecule has 2 aromatic rings. The molecule has 0 spiro atoms. The van der Waals surface area contributed by atoms with E-state index in [1.54, 1.807) is 0 Å². The fourth-order valence-corrected chi connectivity index (χ4v) is 5.05. The molecule has 1 unspecified atom stereocenters. The minimum absolute atomic E-state index is 0.132. The Labute approximate surface area is 145 Å². The van der Waals surface area contributed by atoms with Crippen LogP contribution >= 0.6 is 0 Å². The summed E-state index contributed by atoms with van der Waals surface area (Å²) in [5.74, 6) is 0.309. The van der Waals surface area contributed by atoms with Crippen LogP contribution in [-0.4, -0.2) is 13.9 Å². The summed E-state index contributed by atoms with van der Waals surface area (Å²) in [6, 6.07) is 16.6. The van der Waals surface area contributed by atoms with Crippen LogP contribution in [-0.2, 0) is 0 Å². The molecule has 3 rings (SSSR count). The topological polar surface area (TPSA) is 17.1 Å². The first-order chi connectivity index (χ1) is 11.4. The number of hydrogen-bond acceptors (Lipinski definition) is 1. The molecule has 1 atom stereocenters. The Hall–Kier alpha value is -2.19. The zero-order chi connectivity index (χ0) is 17.3. The van der Waals surface area contributed by atoms with Crippen molar-refractivity contribution in [2.45, 2.75) is 32.5 Å². The lowest BCUT2D eigenvalue weighted by Gasteiger charge is -2.29. The number of benzene rings is 2. The molecule has 0 aliphatic heterocycles. The van der Waals surface area contributed by atoms with Gasteiger partial charge in [0.25, 0.3) is 0 Å². The Kier molecular flexibility index (Phi) is 4.42. The molecular weight excluding hydrogens is 308 g/mol. The fourth-order valence-electron chi connectivity index (χ4n) is 3.29. The van der Waals surface area contributed by atoms with Gasteiger partial charge in [-0.3, -0.25) is 4.79 Å². The summed E-state index contributed by atoms with van der Waals surface area (Å²) < 4.78 is 0. The molecular formula is C22H24OSi. The van der Waals surface area contributed by atoms with Crippen molar-refractivity contribution in [1.29, 1.82) is 0 Å². The van der Waals surface area contributed by atoms with Gasteiger partial charge in [-0.25, -0.2) is 0 Å². The summed E-state index contributed by atoms with van der Waals surface area (Å²) in [5.41, 5.74) is 4.26.